The zero-order chi connectivity index (χ0) is 20.5. The van der Waals surface area contributed by atoms with Gasteiger partial charge in [-0.1, -0.05) is 34.4 Å². The van der Waals surface area contributed by atoms with Crippen LogP contribution in [-0.2, 0) is 0 Å². The van der Waals surface area contributed by atoms with Crippen molar-refractivity contribution in [2.75, 3.05) is 5.32 Å². The third kappa shape index (κ3) is 4.63. The molecule has 0 saturated heterocycles. The maximum atomic E-state index is 12.7. The van der Waals surface area contributed by atoms with Crippen molar-refractivity contribution in [2.45, 2.75) is 17.3 Å². The van der Waals surface area contributed by atoms with Crippen molar-refractivity contribution in [2.24, 2.45) is 0 Å². The number of alkyl halides is 3. The van der Waals surface area contributed by atoms with Gasteiger partial charge in [0.05, 0.1) is 10.0 Å². The van der Waals surface area contributed by atoms with Crippen molar-refractivity contribution in [3.05, 3.63) is 63.8 Å². The van der Waals surface area contributed by atoms with E-state index in [1.807, 2.05) is 0 Å². The van der Waals surface area contributed by atoms with Gasteiger partial charge in [-0.05, 0) is 55.1 Å². The molecule has 3 aromatic rings. The Kier molecular flexibility index (Phi) is 5.92. The highest BCUT2D eigenvalue weighted by Crippen LogP contribution is 2.38. The lowest BCUT2D eigenvalue weighted by Crippen LogP contribution is -2.13. The van der Waals surface area contributed by atoms with E-state index in [1.165, 1.54) is 24.3 Å². The smallest absolute Gasteiger partial charge is 0.360 e. The second kappa shape index (κ2) is 8.06. The SMILES string of the molecule is Cc1onc(-c2c(Cl)cccc2Cl)c1C(=O)Nc1ccc(SC(F)(F)F)cc1. The number of nitrogens with one attached hydrogen (secondary N) is 1. The Morgan fingerprint density at radius 1 is 1.11 bits per heavy atom. The Hall–Kier alpha value is -2.16. The predicted molar refractivity (Wildman–Crippen MR) is 103 cm³/mol. The minimum absolute atomic E-state index is 0.00944. The summed E-state index contributed by atoms with van der Waals surface area (Å²) in [6, 6.07) is 10.1. The van der Waals surface area contributed by atoms with Gasteiger partial charge in [-0.3, -0.25) is 4.79 Å². The molecule has 3 rings (SSSR count). The van der Waals surface area contributed by atoms with Gasteiger partial charge in [0.2, 0.25) is 0 Å². The predicted octanol–water partition coefficient (Wildman–Crippen LogP) is 6.82. The van der Waals surface area contributed by atoms with E-state index >= 15 is 0 Å². The van der Waals surface area contributed by atoms with Gasteiger partial charge >= 0.3 is 5.51 Å². The van der Waals surface area contributed by atoms with Crippen LogP contribution in [0.3, 0.4) is 0 Å². The zero-order valence-electron chi connectivity index (χ0n) is 14.1. The quantitative estimate of drug-likeness (QED) is 0.446. The van der Waals surface area contributed by atoms with Gasteiger partial charge < -0.3 is 9.84 Å². The minimum atomic E-state index is -4.38. The number of amides is 1. The number of hydrogen-bond acceptors (Lipinski definition) is 4. The molecule has 0 bridgehead atoms. The molecule has 0 aliphatic heterocycles. The zero-order valence-corrected chi connectivity index (χ0v) is 16.4. The number of nitrogens with zero attached hydrogens (tertiary/aromatic N) is 1. The molecule has 0 spiro atoms. The number of aromatic nitrogens is 1. The van der Waals surface area contributed by atoms with Crippen LogP contribution in [0.4, 0.5) is 18.9 Å². The van der Waals surface area contributed by atoms with Crippen LogP contribution in [0.25, 0.3) is 11.3 Å². The standard InChI is InChI=1S/C18H11Cl2F3N2O2S/c1-9-14(16(25-27-9)15-12(19)3-2-4-13(15)20)17(26)24-10-5-7-11(8-6-10)28-18(21,22)23/h2-8H,1H3,(H,24,26). The number of anilines is 1. The van der Waals surface area contributed by atoms with Crippen LogP contribution < -0.4 is 5.32 Å². The highest BCUT2D eigenvalue weighted by atomic mass is 35.5. The number of carbonyl (C=O) groups excluding carboxylic acids is 1. The molecule has 28 heavy (non-hydrogen) atoms. The maximum Gasteiger partial charge on any atom is 0.446 e. The first-order valence-electron chi connectivity index (χ1n) is 7.73. The van der Waals surface area contributed by atoms with Gasteiger partial charge in [-0.2, -0.15) is 13.2 Å². The van der Waals surface area contributed by atoms with Crippen molar-refractivity contribution >= 4 is 46.6 Å². The number of rotatable bonds is 4. The van der Waals surface area contributed by atoms with Gasteiger partial charge in [0.1, 0.15) is 17.0 Å². The molecule has 10 heteroatoms. The Labute approximate surface area is 172 Å². The lowest BCUT2D eigenvalue weighted by atomic mass is 10.1. The molecule has 0 saturated carbocycles. The van der Waals surface area contributed by atoms with Crippen LogP contribution in [0.5, 0.6) is 0 Å². The van der Waals surface area contributed by atoms with E-state index in [0.29, 0.717) is 21.3 Å². The molecule has 0 unspecified atom stereocenters. The van der Waals surface area contributed by atoms with E-state index in [0.717, 1.165) is 0 Å². The highest BCUT2D eigenvalue weighted by Gasteiger charge is 2.29. The van der Waals surface area contributed by atoms with Crippen LogP contribution in [0.1, 0.15) is 16.1 Å². The largest absolute Gasteiger partial charge is 0.446 e. The number of thioether (sulfide) groups is 1. The van der Waals surface area contributed by atoms with Crippen molar-refractivity contribution in [3.63, 3.8) is 0 Å². The highest BCUT2D eigenvalue weighted by molar-refractivity contribution is 8.00. The van der Waals surface area contributed by atoms with Crippen LogP contribution in [0.15, 0.2) is 51.9 Å². The molecule has 1 N–H and O–H groups in total. The molecule has 0 atom stereocenters. The minimum Gasteiger partial charge on any atom is -0.360 e. The second-order valence-electron chi connectivity index (χ2n) is 5.59. The van der Waals surface area contributed by atoms with Gasteiger partial charge in [0, 0.05) is 16.1 Å². The fraction of sp³-hybridized carbons (Fsp3) is 0.111. The maximum absolute atomic E-state index is 12.7. The molecule has 1 aromatic heterocycles. The molecular formula is C18H11Cl2F3N2O2S. The Bertz CT molecular complexity index is 1000. The summed E-state index contributed by atoms with van der Waals surface area (Å²) in [5, 5.41) is 7.09. The van der Waals surface area contributed by atoms with Gasteiger partial charge in [0.15, 0.2) is 0 Å². The molecule has 4 nitrogen and oxygen atoms in total. The topological polar surface area (TPSA) is 55.1 Å². The number of hydrogen-bond donors (Lipinski definition) is 1. The molecule has 1 amide bonds. The van der Waals surface area contributed by atoms with Gasteiger partial charge in [-0.25, -0.2) is 0 Å². The Balaban J connectivity index is 1.87. The molecule has 1 heterocycles. The summed E-state index contributed by atoms with van der Waals surface area (Å²) < 4.78 is 42.4. The van der Waals surface area contributed by atoms with E-state index < -0.39 is 11.4 Å². The van der Waals surface area contributed by atoms with E-state index in [1.54, 1.807) is 25.1 Å². The fourth-order valence-corrected chi connectivity index (χ4v) is 3.58. The third-order valence-corrected chi connectivity index (χ3v) is 5.00. The van der Waals surface area contributed by atoms with Crippen LogP contribution in [0, 0.1) is 6.92 Å². The lowest BCUT2D eigenvalue weighted by Gasteiger charge is -2.09. The summed E-state index contributed by atoms with van der Waals surface area (Å²) in [5.41, 5.74) is -3.41. The van der Waals surface area contributed by atoms with Gasteiger partial charge in [-0.15, -0.1) is 0 Å². The molecule has 2 aromatic carbocycles. The summed E-state index contributed by atoms with van der Waals surface area (Å²) in [6.45, 7) is 1.55. The first-order chi connectivity index (χ1) is 13.2. The number of aryl methyl sites for hydroxylation is 1. The average Bonchev–Trinajstić information content (AvgIpc) is 2.96. The summed E-state index contributed by atoms with van der Waals surface area (Å²) in [6.07, 6.45) is 0. The monoisotopic (exact) mass is 446 g/mol. The lowest BCUT2D eigenvalue weighted by molar-refractivity contribution is -0.0328. The second-order valence-corrected chi connectivity index (χ2v) is 7.54. The molecule has 0 aliphatic carbocycles. The average molecular weight is 447 g/mol. The number of halogens is 5. The van der Waals surface area contributed by atoms with Crippen LogP contribution in [0.2, 0.25) is 10.0 Å². The number of carbonyl (C=O) groups is 1. The van der Waals surface area contributed by atoms with Crippen LogP contribution >= 0.6 is 35.0 Å². The summed E-state index contributed by atoms with van der Waals surface area (Å²) in [7, 11) is 0. The number of benzene rings is 2. The Morgan fingerprint density at radius 3 is 2.29 bits per heavy atom. The van der Waals surface area contributed by atoms with Gasteiger partial charge in [0.25, 0.3) is 5.91 Å². The van der Waals surface area contributed by atoms with E-state index in [2.05, 4.69) is 10.5 Å². The first kappa shape index (κ1) is 20.6. The molecule has 0 radical (unpaired) electrons. The van der Waals surface area contributed by atoms with E-state index in [-0.39, 0.29) is 33.7 Å². The van der Waals surface area contributed by atoms with Crippen LogP contribution in [-0.4, -0.2) is 16.6 Å². The summed E-state index contributed by atoms with van der Waals surface area (Å²) in [5.74, 6) is -0.311. The summed E-state index contributed by atoms with van der Waals surface area (Å²) in [4.78, 5) is 12.8. The van der Waals surface area contributed by atoms with E-state index in [4.69, 9.17) is 27.7 Å². The molecular weight excluding hydrogens is 436 g/mol. The van der Waals surface area contributed by atoms with Crippen molar-refractivity contribution in [3.8, 4) is 11.3 Å². The van der Waals surface area contributed by atoms with E-state index in [9.17, 15) is 18.0 Å². The van der Waals surface area contributed by atoms with Crippen molar-refractivity contribution in [1.82, 2.24) is 5.16 Å². The van der Waals surface area contributed by atoms with Crippen molar-refractivity contribution in [1.29, 1.82) is 0 Å². The van der Waals surface area contributed by atoms with Crippen molar-refractivity contribution < 1.29 is 22.5 Å². The third-order valence-electron chi connectivity index (χ3n) is 3.64. The first-order valence-corrected chi connectivity index (χ1v) is 9.31. The summed E-state index contributed by atoms with van der Waals surface area (Å²) >= 11 is 12.1. The Morgan fingerprint density at radius 2 is 1.71 bits per heavy atom. The normalized spacial score (nSPS) is 11.5. The fourth-order valence-electron chi connectivity index (χ4n) is 2.47. The molecule has 0 aliphatic rings. The molecule has 146 valence electrons. The molecule has 0 fully saturated rings.